The predicted octanol–water partition coefficient (Wildman–Crippen LogP) is 19.5. The SMILES string of the molecule is CC1C=CC=CC1N(c1cc(-c2cc3c4ccccc4n(-c4ccccc4)c3c3c2sc2ccccc23)cc(N(c2ccccc2)c2ccc(-c3ccccc3)cc2)c1)c1ccc2c(c1)C(C)(C)c1ccccc1-2. The van der Waals surface area contributed by atoms with Gasteiger partial charge in [-0.3, -0.25) is 0 Å². The Morgan fingerprint density at radius 3 is 1.86 bits per heavy atom. The van der Waals surface area contributed by atoms with Crippen LogP contribution in [-0.4, -0.2) is 10.6 Å². The van der Waals surface area contributed by atoms with Gasteiger partial charge in [0.2, 0.25) is 0 Å². The van der Waals surface area contributed by atoms with Gasteiger partial charge in [0.15, 0.2) is 0 Å². The van der Waals surface area contributed by atoms with Gasteiger partial charge in [-0.25, -0.2) is 0 Å². The summed E-state index contributed by atoms with van der Waals surface area (Å²) in [6.45, 7) is 7.13. The van der Waals surface area contributed by atoms with Crippen LogP contribution in [0.1, 0.15) is 31.9 Å². The Morgan fingerprint density at radius 1 is 0.446 bits per heavy atom. The fourth-order valence-corrected chi connectivity index (χ4v) is 13.5. The molecule has 2 aliphatic rings. The lowest BCUT2D eigenvalue weighted by Crippen LogP contribution is -2.35. The third kappa shape index (κ3) is 7.08. The van der Waals surface area contributed by atoms with Gasteiger partial charge in [0.05, 0.1) is 17.1 Å². The molecule has 0 amide bonds. The number of anilines is 5. The molecule has 0 radical (unpaired) electrons. The van der Waals surface area contributed by atoms with Gasteiger partial charge in [-0.05, 0) is 130 Å². The van der Waals surface area contributed by atoms with Gasteiger partial charge < -0.3 is 14.4 Å². The lowest BCUT2D eigenvalue weighted by Gasteiger charge is -2.38. The van der Waals surface area contributed by atoms with Crippen LogP contribution in [0, 0.1) is 5.92 Å². The third-order valence-electron chi connectivity index (χ3n) is 15.8. The van der Waals surface area contributed by atoms with Crippen molar-refractivity contribution in [3.63, 3.8) is 0 Å². The molecule has 0 fully saturated rings. The van der Waals surface area contributed by atoms with E-state index in [0.29, 0.717) is 0 Å². The van der Waals surface area contributed by atoms with Crippen LogP contribution in [0.3, 0.4) is 0 Å². The first-order chi connectivity index (χ1) is 36.4. The van der Waals surface area contributed by atoms with Crippen LogP contribution in [-0.2, 0) is 5.41 Å². The summed E-state index contributed by atoms with van der Waals surface area (Å²) in [5.74, 6) is 0.232. The summed E-state index contributed by atoms with van der Waals surface area (Å²) < 4.78 is 5.05. The van der Waals surface area contributed by atoms with Crippen LogP contribution in [0.5, 0.6) is 0 Å². The molecule has 354 valence electrons. The number of aromatic nitrogens is 1. The van der Waals surface area contributed by atoms with Gasteiger partial charge in [-0.1, -0.05) is 191 Å². The van der Waals surface area contributed by atoms with E-state index in [1.807, 2.05) is 11.3 Å². The number of hydrogen-bond acceptors (Lipinski definition) is 3. The fourth-order valence-electron chi connectivity index (χ4n) is 12.2. The molecule has 0 aliphatic heterocycles. The highest BCUT2D eigenvalue weighted by atomic mass is 32.1. The van der Waals surface area contributed by atoms with E-state index in [4.69, 9.17) is 0 Å². The van der Waals surface area contributed by atoms with Crippen LogP contribution in [0.25, 0.3) is 81.0 Å². The largest absolute Gasteiger partial charge is 0.334 e. The van der Waals surface area contributed by atoms with Crippen molar-refractivity contribution < 1.29 is 0 Å². The van der Waals surface area contributed by atoms with E-state index in [1.54, 1.807) is 0 Å². The standard InChI is InChI=1S/C70H53N3S/c1-46-21-13-18-32-64(46)72(53-39-40-57-56-28-14-17-31-62(56)70(2,3)63(57)44-53)55-42-49(41-54(43-55)71(50-24-9-5-10-25-50)52-37-35-48(36-38-52)47-22-7-4-8-23-47)60-45-61-58-29-15-19-33-65(58)73(51-26-11-6-12-27-51)68(61)67-59-30-16-20-34-66(59)74-69(60)67/h4-46,64H,1-3H3. The highest BCUT2D eigenvalue weighted by molar-refractivity contribution is 7.26. The van der Waals surface area contributed by atoms with Gasteiger partial charge in [0, 0.05) is 76.0 Å². The van der Waals surface area contributed by atoms with E-state index < -0.39 is 0 Å². The molecule has 0 bridgehead atoms. The van der Waals surface area contributed by atoms with Crippen molar-refractivity contribution >= 4 is 81.8 Å². The van der Waals surface area contributed by atoms with Gasteiger partial charge in [-0.15, -0.1) is 11.3 Å². The first-order valence-electron chi connectivity index (χ1n) is 25.9. The summed E-state index contributed by atoms with van der Waals surface area (Å²) in [5.41, 5.74) is 19.2. The second-order valence-corrected chi connectivity index (χ2v) is 21.6. The van der Waals surface area contributed by atoms with Crippen molar-refractivity contribution in [2.45, 2.75) is 32.2 Å². The number of benzene rings is 10. The maximum absolute atomic E-state index is 2.63. The molecule has 14 rings (SSSR count). The topological polar surface area (TPSA) is 11.4 Å². The van der Waals surface area contributed by atoms with Crippen LogP contribution in [0.4, 0.5) is 28.4 Å². The number of allylic oxidation sites excluding steroid dienone is 2. The second kappa shape index (κ2) is 17.5. The summed E-state index contributed by atoms with van der Waals surface area (Å²) >= 11 is 1.90. The van der Waals surface area contributed by atoms with Crippen molar-refractivity contribution in [3.05, 3.63) is 266 Å². The van der Waals surface area contributed by atoms with E-state index in [0.717, 1.165) is 34.0 Å². The quantitative estimate of drug-likeness (QED) is 0.143. The number of hydrogen-bond donors (Lipinski definition) is 0. The summed E-state index contributed by atoms with van der Waals surface area (Å²) in [5, 5.41) is 5.04. The molecule has 74 heavy (non-hydrogen) atoms. The minimum Gasteiger partial charge on any atom is -0.334 e. The Morgan fingerprint density at radius 2 is 1.07 bits per heavy atom. The molecule has 0 saturated heterocycles. The van der Waals surface area contributed by atoms with E-state index in [1.165, 1.54) is 86.6 Å². The molecule has 3 nitrogen and oxygen atoms in total. The minimum atomic E-state index is -0.161. The lowest BCUT2D eigenvalue weighted by molar-refractivity contribution is 0.608. The average Bonchev–Trinajstić information content (AvgIpc) is 4.16. The maximum atomic E-state index is 2.63. The number of para-hydroxylation sites is 3. The number of nitrogens with zero attached hydrogens (tertiary/aromatic N) is 3. The Kier molecular flexibility index (Phi) is 10.4. The molecule has 0 N–H and O–H groups in total. The Labute approximate surface area is 436 Å². The molecule has 2 aromatic heterocycles. The van der Waals surface area contributed by atoms with Crippen molar-refractivity contribution in [2.75, 3.05) is 9.80 Å². The Hall–Kier alpha value is -8.70. The third-order valence-corrected chi connectivity index (χ3v) is 17.0. The predicted molar refractivity (Wildman–Crippen MR) is 317 cm³/mol. The highest BCUT2D eigenvalue weighted by Gasteiger charge is 2.37. The van der Waals surface area contributed by atoms with E-state index in [-0.39, 0.29) is 17.4 Å². The molecule has 2 unspecified atom stereocenters. The first kappa shape index (κ1) is 44.0. The fraction of sp³-hybridized carbons (Fsp3) is 0.0857. The molecule has 4 heteroatoms. The highest BCUT2D eigenvalue weighted by Crippen LogP contribution is 2.53. The van der Waals surface area contributed by atoms with Crippen molar-refractivity contribution in [2.24, 2.45) is 5.92 Å². The van der Waals surface area contributed by atoms with Crippen molar-refractivity contribution in [3.8, 4) is 39.1 Å². The van der Waals surface area contributed by atoms with Gasteiger partial charge in [0.1, 0.15) is 0 Å². The summed E-state index contributed by atoms with van der Waals surface area (Å²) in [6, 6.07) is 85.6. The van der Waals surface area contributed by atoms with E-state index in [9.17, 15) is 0 Å². The van der Waals surface area contributed by atoms with Gasteiger partial charge >= 0.3 is 0 Å². The second-order valence-electron chi connectivity index (χ2n) is 20.5. The van der Waals surface area contributed by atoms with Crippen molar-refractivity contribution in [1.29, 1.82) is 0 Å². The molecule has 12 aromatic rings. The molecule has 0 saturated carbocycles. The molecule has 2 atom stereocenters. The van der Waals surface area contributed by atoms with Crippen LogP contribution >= 0.6 is 11.3 Å². The van der Waals surface area contributed by atoms with Crippen LogP contribution in [0.15, 0.2) is 255 Å². The lowest BCUT2D eigenvalue weighted by atomic mass is 9.82. The number of rotatable bonds is 9. The average molecular weight is 968 g/mol. The molecule has 2 aliphatic carbocycles. The zero-order chi connectivity index (χ0) is 49.5. The van der Waals surface area contributed by atoms with Gasteiger partial charge in [0.25, 0.3) is 0 Å². The van der Waals surface area contributed by atoms with Crippen LogP contribution < -0.4 is 9.80 Å². The summed E-state index contributed by atoms with van der Waals surface area (Å²) in [7, 11) is 0. The molecular formula is C70H53N3S. The maximum Gasteiger partial charge on any atom is 0.0634 e. The normalized spacial score (nSPS) is 15.5. The van der Waals surface area contributed by atoms with Gasteiger partial charge in [-0.2, -0.15) is 0 Å². The Bertz CT molecular complexity index is 4180. The molecule has 10 aromatic carbocycles. The smallest absolute Gasteiger partial charge is 0.0634 e. The van der Waals surface area contributed by atoms with Crippen molar-refractivity contribution in [1.82, 2.24) is 4.57 Å². The van der Waals surface area contributed by atoms with E-state index >= 15 is 0 Å². The number of fused-ring (bicyclic) bond motifs is 10. The Balaban J connectivity index is 1.07. The summed E-state index contributed by atoms with van der Waals surface area (Å²) in [4.78, 5) is 5.07. The molecule has 2 heterocycles. The summed E-state index contributed by atoms with van der Waals surface area (Å²) in [6.07, 6.45) is 9.20. The van der Waals surface area contributed by atoms with Crippen LogP contribution in [0.2, 0.25) is 0 Å². The van der Waals surface area contributed by atoms with E-state index in [2.05, 4.69) is 290 Å². The zero-order valence-electron chi connectivity index (χ0n) is 41.7. The molecular weight excluding hydrogens is 915 g/mol. The first-order valence-corrected chi connectivity index (χ1v) is 26.7. The molecule has 0 spiro atoms. The monoisotopic (exact) mass is 967 g/mol. The minimum absolute atomic E-state index is 0.0408. The number of thiophene rings is 1. The zero-order valence-corrected chi connectivity index (χ0v) is 42.5.